The highest BCUT2D eigenvalue weighted by atomic mass is 16.2. The van der Waals surface area contributed by atoms with Crippen LogP contribution in [0, 0.1) is 0 Å². The molecule has 8 heteroatoms. The number of rotatable bonds is 4. The lowest BCUT2D eigenvalue weighted by Crippen LogP contribution is -2.39. The molecule has 8 nitrogen and oxygen atoms in total. The van der Waals surface area contributed by atoms with Gasteiger partial charge in [0, 0.05) is 11.6 Å². The normalized spacial score (nSPS) is 15.1. The molecule has 0 aliphatic heterocycles. The molecular formula is C28H26N6O2. The van der Waals surface area contributed by atoms with Gasteiger partial charge in [-0.05, 0) is 55.3 Å². The van der Waals surface area contributed by atoms with Crippen molar-refractivity contribution < 1.29 is 4.79 Å². The van der Waals surface area contributed by atoms with E-state index in [1.165, 1.54) is 11.0 Å². The number of carbonyl (C=O) groups is 1. The molecule has 0 atom stereocenters. The molecule has 6 rings (SSSR count). The van der Waals surface area contributed by atoms with Crippen molar-refractivity contribution >= 4 is 28.4 Å². The smallest absolute Gasteiger partial charge is 0.343 e. The van der Waals surface area contributed by atoms with Crippen molar-refractivity contribution in [3.63, 3.8) is 0 Å². The molecule has 0 spiro atoms. The SMILES string of the molecule is NC(=O)c1ccc2c(c1)n1c(=O)n(-c3ccccc3)c(=Nc3ccccc3)nc1n2C1CCCCC1. The third-order valence-corrected chi connectivity index (χ3v) is 6.90. The molecule has 3 aromatic carbocycles. The number of benzene rings is 3. The Morgan fingerprint density at radius 1 is 0.889 bits per heavy atom. The fourth-order valence-electron chi connectivity index (χ4n) is 5.20. The summed E-state index contributed by atoms with van der Waals surface area (Å²) in [6.45, 7) is 0. The Morgan fingerprint density at radius 3 is 2.28 bits per heavy atom. The van der Waals surface area contributed by atoms with Crippen LogP contribution in [-0.4, -0.2) is 24.4 Å². The standard InChI is InChI=1S/C28H26N6O2/c29-25(35)19-16-17-23-24(18-19)34-27(32(23)21-12-6-2-7-13-21)31-26(30-20-10-4-1-5-11-20)33(28(34)36)22-14-8-3-9-15-22/h1,3-5,8-11,14-18,21H,2,6-7,12-13H2,(H2,29,35). The summed E-state index contributed by atoms with van der Waals surface area (Å²) in [7, 11) is 0. The van der Waals surface area contributed by atoms with Crippen molar-refractivity contribution in [2.75, 3.05) is 0 Å². The van der Waals surface area contributed by atoms with E-state index in [2.05, 4.69) is 4.57 Å². The van der Waals surface area contributed by atoms with E-state index < -0.39 is 5.91 Å². The molecule has 2 N–H and O–H groups in total. The first-order chi connectivity index (χ1) is 17.6. The molecule has 0 radical (unpaired) electrons. The summed E-state index contributed by atoms with van der Waals surface area (Å²) in [6.07, 6.45) is 5.46. The minimum atomic E-state index is -0.539. The first kappa shape index (κ1) is 22.0. The van der Waals surface area contributed by atoms with E-state index in [1.807, 2.05) is 66.7 Å². The van der Waals surface area contributed by atoms with Crippen LogP contribution < -0.4 is 17.0 Å². The summed E-state index contributed by atoms with van der Waals surface area (Å²) in [5, 5.41) is 0. The molecule has 1 fully saturated rings. The van der Waals surface area contributed by atoms with E-state index in [0.29, 0.717) is 33.9 Å². The van der Waals surface area contributed by atoms with Crippen LogP contribution >= 0.6 is 0 Å². The number of hydrogen-bond donors (Lipinski definition) is 1. The van der Waals surface area contributed by atoms with E-state index in [9.17, 15) is 9.59 Å². The van der Waals surface area contributed by atoms with Gasteiger partial charge in [0.05, 0.1) is 22.4 Å². The molecule has 1 aliphatic carbocycles. The molecule has 1 amide bonds. The van der Waals surface area contributed by atoms with Crippen LogP contribution in [0.25, 0.3) is 22.5 Å². The van der Waals surface area contributed by atoms with Crippen LogP contribution in [0.15, 0.2) is 88.6 Å². The molecule has 1 aliphatic rings. The highest BCUT2D eigenvalue weighted by Gasteiger charge is 2.24. The third kappa shape index (κ3) is 3.71. The van der Waals surface area contributed by atoms with Crippen LogP contribution in [0.5, 0.6) is 0 Å². The number of para-hydroxylation sites is 2. The van der Waals surface area contributed by atoms with E-state index in [4.69, 9.17) is 15.7 Å². The average molecular weight is 479 g/mol. The maximum absolute atomic E-state index is 14.2. The number of hydrogen-bond acceptors (Lipinski definition) is 4. The highest BCUT2D eigenvalue weighted by molar-refractivity contribution is 5.97. The zero-order valence-electron chi connectivity index (χ0n) is 19.7. The third-order valence-electron chi connectivity index (χ3n) is 6.90. The van der Waals surface area contributed by atoms with Crippen molar-refractivity contribution in [2.45, 2.75) is 38.1 Å². The number of imidazole rings is 1. The maximum atomic E-state index is 14.2. The fraction of sp³-hybridized carbons (Fsp3) is 0.214. The summed E-state index contributed by atoms with van der Waals surface area (Å²) >= 11 is 0. The second-order valence-corrected chi connectivity index (χ2v) is 9.18. The van der Waals surface area contributed by atoms with E-state index in [1.54, 1.807) is 16.5 Å². The van der Waals surface area contributed by atoms with Crippen molar-refractivity contribution in [3.05, 3.63) is 101 Å². The van der Waals surface area contributed by atoms with Gasteiger partial charge in [-0.15, -0.1) is 0 Å². The Hall–Kier alpha value is -4.46. The summed E-state index contributed by atoms with van der Waals surface area (Å²) in [4.78, 5) is 36.0. The highest BCUT2D eigenvalue weighted by Crippen LogP contribution is 2.33. The topological polar surface area (TPSA) is 99.7 Å². The molecule has 0 saturated heterocycles. The minimum absolute atomic E-state index is 0.203. The minimum Gasteiger partial charge on any atom is -0.366 e. The Bertz CT molecular complexity index is 1710. The van der Waals surface area contributed by atoms with Gasteiger partial charge < -0.3 is 10.3 Å². The van der Waals surface area contributed by atoms with Crippen LogP contribution in [0.1, 0.15) is 48.5 Å². The van der Waals surface area contributed by atoms with Gasteiger partial charge in [0.2, 0.25) is 17.3 Å². The van der Waals surface area contributed by atoms with Crippen LogP contribution in [0.2, 0.25) is 0 Å². The summed E-state index contributed by atoms with van der Waals surface area (Å²) in [6, 6.07) is 24.3. The monoisotopic (exact) mass is 478 g/mol. The molecule has 0 unspecified atom stereocenters. The average Bonchev–Trinajstić information content (AvgIpc) is 3.24. The van der Waals surface area contributed by atoms with E-state index in [0.717, 1.165) is 31.2 Å². The molecule has 180 valence electrons. The second kappa shape index (κ2) is 8.96. The lowest BCUT2D eigenvalue weighted by molar-refractivity contribution is 0.100. The molecule has 1 saturated carbocycles. The number of nitrogens with zero attached hydrogens (tertiary/aromatic N) is 5. The maximum Gasteiger partial charge on any atom is 0.343 e. The Labute approximate surface area is 207 Å². The number of aromatic nitrogens is 4. The van der Waals surface area contributed by atoms with Crippen molar-refractivity contribution in [1.29, 1.82) is 0 Å². The van der Waals surface area contributed by atoms with Gasteiger partial charge in [-0.2, -0.15) is 4.98 Å². The number of fused-ring (bicyclic) bond motifs is 3. The van der Waals surface area contributed by atoms with E-state index >= 15 is 0 Å². The Kier molecular flexibility index (Phi) is 5.48. The van der Waals surface area contributed by atoms with Crippen LogP contribution in [-0.2, 0) is 0 Å². The molecule has 36 heavy (non-hydrogen) atoms. The van der Waals surface area contributed by atoms with Gasteiger partial charge >= 0.3 is 5.69 Å². The number of nitrogens with two attached hydrogens (primary N) is 1. The Balaban J connectivity index is 1.77. The van der Waals surface area contributed by atoms with Gasteiger partial charge in [0.15, 0.2) is 0 Å². The summed E-state index contributed by atoms with van der Waals surface area (Å²) in [5.74, 6) is -0.0199. The fourth-order valence-corrected chi connectivity index (χ4v) is 5.20. The Morgan fingerprint density at radius 2 is 1.58 bits per heavy atom. The molecule has 2 aromatic heterocycles. The van der Waals surface area contributed by atoms with Crippen molar-refractivity contribution in [2.24, 2.45) is 10.7 Å². The number of amides is 1. The van der Waals surface area contributed by atoms with Gasteiger partial charge in [0.1, 0.15) is 0 Å². The molecule has 2 heterocycles. The number of carbonyl (C=O) groups excluding carboxylic acids is 1. The zero-order valence-corrected chi connectivity index (χ0v) is 19.7. The first-order valence-corrected chi connectivity index (χ1v) is 12.3. The van der Waals surface area contributed by atoms with Crippen LogP contribution in [0.3, 0.4) is 0 Å². The predicted molar refractivity (Wildman–Crippen MR) is 139 cm³/mol. The van der Waals surface area contributed by atoms with Gasteiger partial charge in [0.25, 0.3) is 0 Å². The van der Waals surface area contributed by atoms with Gasteiger partial charge in [-0.3, -0.25) is 4.79 Å². The molecule has 0 bridgehead atoms. The first-order valence-electron chi connectivity index (χ1n) is 12.3. The lowest BCUT2D eigenvalue weighted by Gasteiger charge is -2.24. The summed E-state index contributed by atoms with van der Waals surface area (Å²) in [5.41, 5.74) is 8.77. The van der Waals surface area contributed by atoms with E-state index in [-0.39, 0.29) is 11.7 Å². The van der Waals surface area contributed by atoms with Crippen LogP contribution in [0.4, 0.5) is 5.69 Å². The predicted octanol–water partition coefficient (Wildman–Crippen LogP) is 4.28. The summed E-state index contributed by atoms with van der Waals surface area (Å²) < 4.78 is 5.26. The number of primary amides is 1. The van der Waals surface area contributed by atoms with Gasteiger partial charge in [-0.1, -0.05) is 55.7 Å². The molecule has 5 aromatic rings. The quantitative estimate of drug-likeness (QED) is 0.417. The van der Waals surface area contributed by atoms with Crippen molar-refractivity contribution in [1.82, 2.24) is 18.5 Å². The lowest BCUT2D eigenvalue weighted by atomic mass is 9.95. The second-order valence-electron chi connectivity index (χ2n) is 9.18. The van der Waals surface area contributed by atoms with Crippen molar-refractivity contribution in [3.8, 4) is 5.69 Å². The molecular weight excluding hydrogens is 452 g/mol. The zero-order chi connectivity index (χ0) is 24.6. The van der Waals surface area contributed by atoms with Gasteiger partial charge in [-0.25, -0.2) is 18.8 Å². The largest absolute Gasteiger partial charge is 0.366 e.